The van der Waals surface area contributed by atoms with Gasteiger partial charge in [-0.1, -0.05) is 30.3 Å². The zero-order chi connectivity index (χ0) is 21.9. The quantitative estimate of drug-likeness (QED) is 0.458. The third-order valence-electron chi connectivity index (χ3n) is 4.18. The van der Waals surface area contributed by atoms with Gasteiger partial charge in [-0.2, -0.15) is 0 Å². The van der Waals surface area contributed by atoms with Crippen LogP contribution in [-0.2, 0) is 32.0 Å². The van der Waals surface area contributed by atoms with Gasteiger partial charge in [0.05, 0.1) is 13.0 Å². The monoisotopic (exact) mass is 418 g/mol. The summed E-state index contributed by atoms with van der Waals surface area (Å²) in [5.74, 6) is -3.30. The van der Waals surface area contributed by atoms with Crippen molar-refractivity contribution in [1.82, 2.24) is 10.6 Å². The predicted molar refractivity (Wildman–Crippen MR) is 106 cm³/mol. The summed E-state index contributed by atoms with van der Waals surface area (Å²) in [7, 11) is 0. The van der Waals surface area contributed by atoms with E-state index in [1.165, 1.54) is 6.92 Å². The molecule has 0 aliphatic rings. The summed E-state index contributed by atoms with van der Waals surface area (Å²) >= 11 is 0. The molecule has 2 aromatic carbocycles. The van der Waals surface area contributed by atoms with Crippen LogP contribution in [0.15, 0.2) is 48.5 Å². The first-order valence-corrected chi connectivity index (χ1v) is 9.55. The number of esters is 1. The number of ether oxygens (including phenoxy) is 1. The van der Waals surface area contributed by atoms with Gasteiger partial charge in [-0.15, -0.1) is 0 Å². The lowest BCUT2D eigenvalue weighted by Gasteiger charge is -2.14. The zero-order valence-corrected chi connectivity index (χ0v) is 16.6. The fraction of sp³-hybridized carbons (Fsp3) is 0.318. The topological polar surface area (TPSA) is 84.5 Å². The SMILES string of the molecule is C[C@H](NC(=O)Cc1cc(F)cc(F)c1)C(=O)NCC(=O)OCCCc1ccccc1. The van der Waals surface area contributed by atoms with Gasteiger partial charge >= 0.3 is 5.97 Å². The molecule has 2 N–H and O–H groups in total. The summed E-state index contributed by atoms with van der Waals surface area (Å²) < 4.78 is 31.4. The highest BCUT2D eigenvalue weighted by molar-refractivity contribution is 5.89. The maximum absolute atomic E-state index is 13.2. The predicted octanol–water partition coefficient (Wildman–Crippen LogP) is 2.30. The first kappa shape index (κ1) is 23.0. The van der Waals surface area contributed by atoms with Crippen molar-refractivity contribution in [3.63, 3.8) is 0 Å². The Bertz CT molecular complexity index is 854. The molecule has 0 saturated heterocycles. The van der Waals surface area contributed by atoms with E-state index in [2.05, 4.69) is 10.6 Å². The van der Waals surface area contributed by atoms with Gasteiger partial charge in [0.2, 0.25) is 11.8 Å². The lowest BCUT2D eigenvalue weighted by molar-refractivity contribution is -0.144. The number of nitrogens with one attached hydrogen (secondary N) is 2. The Kier molecular flexibility index (Phi) is 8.93. The molecule has 0 unspecified atom stereocenters. The van der Waals surface area contributed by atoms with Crippen molar-refractivity contribution in [3.8, 4) is 0 Å². The van der Waals surface area contributed by atoms with Gasteiger partial charge in [0.1, 0.15) is 24.2 Å². The summed E-state index contributed by atoms with van der Waals surface area (Å²) in [5, 5.41) is 4.79. The van der Waals surface area contributed by atoms with Gasteiger partial charge in [0.25, 0.3) is 0 Å². The number of benzene rings is 2. The summed E-state index contributed by atoms with van der Waals surface area (Å²) in [4.78, 5) is 35.7. The maximum atomic E-state index is 13.2. The molecular formula is C22H24F2N2O4. The van der Waals surface area contributed by atoms with E-state index < -0.39 is 35.5 Å². The molecule has 0 heterocycles. The molecule has 0 spiro atoms. The number of hydrogen-bond acceptors (Lipinski definition) is 4. The molecule has 6 nitrogen and oxygen atoms in total. The largest absolute Gasteiger partial charge is 0.464 e. The molecule has 2 rings (SSSR count). The lowest BCUT2D eigenvalue weighted by atomic mass is 10.1. The summed E-state index contributed by atoms with van der Waals surface area (Å²) in [6.07, 6.45) is 1.16. The highest BCUT2D eigenvalue weighted by Gasteiger charge is 2.17. The third-order valence-corrected chi connectivity index (χ3v) is 4.18. The third kappa shape index (κ3) is 8.38. The zero-order valence-electron chi connectivity index (χ0n) is 16.6. The molecule has 30 heavy (non-hydrogen) atoms. The second-order valence-electron chi connectivity index (χ2n) is 6.77. The fourth-order valence-electron chi connectivity index (χ4n) is 2.73. The lowest BCUT2D eigenvalue weighted by Crippen LogP contribution is -2.46. The first-order chi connectivity index (χ1) is 14.3. The van der Waals surface area contributed by atoms with Crippen LogP contribution in [0.1, 0.15) is 24.5 Å². The first-order valence-electron chi connectivity index (χ1n) is 9.55. The Morgan fingerprint density at radius 2 is 1.67 bits per heavy atom. The van der Waals surface area contributed by atoms with Gasteiger partial charge in [-0.25, -0.2) is 8.78 Å². The molecule has 0 aromatic heterocycles. The Morgan fingerprint density at radius 3 is 2.33 bits per heavy atom. The normalized spacial score (nSPS) is 11.4. The van der Waals surface area contributed by atoms with Crippen molar-refractivity contribution in [2.24, 2.45) is 0 Å². The molecule has 2 aromatic rings. The van der Waals surface area contributed by atoms with Crippen molar-refractivity contribution < 1.29 is 27.9 Å². The number of carbonyl (C=O) groups excluding carboxylic acids is 3. The molecule has 0 saturated carbocycles. The van der Waals surface area contributed by atoms with E-state index in [9.17, 15) is 23.2 Å². The van der Waals surface area contributed by atoms with Gasteiger partial charge < -0.3 is 15.4 Å². The molecule has 0 aliphatic heterocycles. The Balaban J connectivity index is 1.64. The van der Waals surface area contributed by atoms with E-state index in [1.54, 1.807) is 0 Å². The standard InChI is InChI=1S/C22H24F2N2O4/c1-15(26-20(27)12-17-10-18(23)13-19(24)11-17)22(29)25-14-21(28)30-9-5-8-16-6-3-2-4-7-16/h2-4,6-7,10-11,13,15H,5,8-9,12,14H2,1H3,(H,25,29)(H,26,27)/t15-/m0/s1. The van der Waals surface area contributed by atoms with Crippen LogP contribution in [0.3, 0.4) is 0 Å². The Morgan fingerprint density at radius 1 is 1.00 bits per heavy atom. The van der Waals surface area contributed by atoms with Gasteiger partial charge in [0, 0.05) is 6.07 Å². The van der Waals surface area contributed by atoms with Crippen molar-refractivity contribution in [2.45, 2.75) is 32.2 Å². The van der Waals surface area contributed by atoms with E-state index in [-0.39, 0.29) is 25.1 Å². The van der Waals surface area contributed by atoms with Crippen LogP contribution in [0.5, 0.6) is 0 Å². The molecule has 8 heteroatoms. The van der Waals surface area contributed by atoms with Crippen molar-refractivity contribution in [3.05, 3.63) is 71.3 Å². The minimum Gasteiger partial charge on any atom is -0.464 e. The highest BCUT2D eigenvalue weighted by atomic mass is 19.1. The van der Waals surface area contributed by atoms with Crippen LogP contribution < -0.4 is 10.6 Å². The second-order valence-corrected chi connectivity index (χ2v) is 6.77. The van der Waals surface area contributed by atoms with Gasteiger partial charge in [-0.05, 0) is 43.0 Å². The van der Waals surface area contributed by atoms with Crippen molar-refractivity contribution in [1.29, 1.82) is 0 Å². The van der Waals surface area contributed by atoms with E-state index in [1.807, 2.05) is 30.3 Å². The number of rotatable bonds is 10. The molecule has 0 fully saturated rings. The number of hydrogen-bond donors (Lipinski definition) is 2. The summed E-state index contributed by atoms with van der Waals surface area (Å²) in [6.45, 7) is 1.35. The Hall–Kier alpha value is -3.29. The Labute approximate surface area is 173 Å². The number of carbonyl (C=O) groups is 3. The average molecular weight is 418 g/mol. The van der Waals surface area contributed by atoms with E-state index >= 15 is 0 Å². The smallest absolute Gasteiger partial charge is 0.325 e. The van der Waals surface area contributed by atoms with Gasteiger partial charge in [0.15, 0.2) is 0 Å². The minimum atomic E-state index is -0.929. The molecular weight excluding hydrogens is 394 g/mol. The molecule has 0 bridgehead atoms. The molecule has 0 radical (unpaired) electrons. The molecule has 2 amide bonds. The van der Waals surface area contributed by atoms with Gasteiger partial charge in [-0.3, -0.25) is 14.4 Å². The van der Waals surface area contributed by atoms with Crippen LogP contribution in [0.25, 0.3) is 0 Å². The highest BCUT2D eigenvalue weighted by Crippen LogP contribution is 2.08. The van der Waals surface area contributed by atoms with Crippen LogP contribution >= 0.6 is 0 Å². The molecule has 0 aliphatic carbocycles. The number of aryl methyl sites for hydroxylation is 1. The van der Waals surface area contributed by atoms with E-state index in [0.29, 0.717) is 12.5 Å². The fourth-order valence-corrected chi connectivity index (χ4v) is 2.73. The second kappa shape index (κ2) is 11.6. The minimum absolute atomic E-state index is 0.150. The maximum Gasteiger partial charge on any atom is 0.325 e. The van der Waals surface area contributed by atoms with Crippen molar-refractivity contribution >= 4 is 17.8 Å². The summed E-state index contributed by atoms with van der Waals surface area (Å²) in [6, 6.07) is 11.6. The number of halogens is 2. The van der Waals surface area contributed by atoms with Crippen molar-refractivity contribution in [2.75, 3.05) is 13.2 Å². The molecule has 1 atom stereocenters. The summed E-state index contributed by atoms with van der Waals surface area (Å²) in [5.41, 5.74) is 1.30. The van der Waals surface area contributed by atoms with Crippen LogP contribution in [0.2, 0.25) is 0 Å². The van der Waals surface area contributed by atoms with Crippen LogP contribution in [0, 0.1) is 11.6 Å². The van der Waals surface area contributed by atoms with E-state index in [4.69, 9.17) is 4.74 Å². The van der Waals surface area contributed by atoms with E-state index in [0.717, 1.165) is 24.1 Å². The molecule has 160 valence electrons. The average Bonchev–Trinajstić information content (AvgIpc) is 2.69. The number of amides is 2. The van der Waals surface area contributed by atoms with Crippen LogP contribution in [0.4, 0.5) is 8.78 Å². The van der Waals surface area contributed by atoms with Crippen LogP contribution in [-0.4, -0.2) is 37.0 Å².